The van der Waals surface area contributed by atoms with E-state index in [2.05, 4.69) is 23.8 Å². The minimum atomic E-state index is -0.827. The van der Waals surface area contributed by atoms with Crippen LogP contribution in [0.25, 0.3) is 0 Å². The van der Waals surface area contributed by atoms with Crippen LogP contribution in [0.5, 0.6) is 0 Å². The topological polar surface area (TPSA) is 101 Å². The molecule has 7 heteroatoms. The van der Waals surface area contributed by atoms with E-state index in [1.165, 1.54) is 24.3 Å². The van der Waals surface area contributed by atoms with Crippen LogP contribution in [0, 0.1) is 10.1 Å². The summed E-state index contributed by atoms with van der Waals surface area (Å²) in [6.45, 7) is 6.62. The van der Waals surface area contributed by atoms with Crippen molar-refractivity contribution < 1.29 is 14.5 Å². The maximum absolute atomic E-state index is 11.3. The number of nitro groups is 1. The zero-order valence-electron chi connectivity index (χ0n) is 10.5. The number of hydrogen-bond acceptors (Lipinski definition) is 4. The fourth-order valence-electron chi connectivity index (χ4n) is 1.39. The Morgan fingerprint density at radius 2 is 1.55 bits per heavy atom. The fourth-order valence-corrected chi connectivity index (χ4v) is 1.39. The number of benzene rings is 1. The van der Waals surface area contributed by atoms with Crippen molar-refractivity contribution in [1.29, 1.82) is 0 Å². The molecule has 0 saturated carbocycles. The first-order chi connectivity index (χ1) is 9.47. The number of carbonyl (C=O) groups excluding carboxylic acids is 2. The zero-order valence-corrected chi connectivity index (χ0v) is 10.5. The Morgan fingerprint density at radius 3 is 1.90 bits per heavy atom. The predicted octanol–water partition coefficient (Wildman–Crippen LogP) is 1.20. The second kappa shape index (κ2) is 6.83. The van der Waals surface area contributed by atoms with Gasteiger partial charge in [0.25, 0.3) is 5.69 Å². The minimum Gasteiger partial charge on any atom is -0.328 e. The molecule has 0 aliphatic heterocycles. The number of nitro benzene ring substituents is 1. The fraction of sp³-hybridized carbons (Fsp3) is 0.0769. The normalized spacial score (nSPS) is 9.65. The number of non-ortho nitro benzene ring substituents is 1. The molecular weight excluding hydrogens is 262 g/mol. The van der Waals surface area contributed by atoms with Gasteiger partial charge < -0.3 is 10.6 Å². The van der Waals surface area contributed by atoms with Crippen LogP contribution in [0.1, 0.15) is 11.7 Å². The van der Waals surface area contributed by atoms with Gasteiger partial charge in [-0.1, -0.05) is 13.2 Å². The van der Waals surface area contributed by atoms with E-state index in [4.69, 9.17) is 0 Å². The van der Waals surface area contributed by atoms with E-state index >= 15 is 0 Å². The molecule has 0 atom stereocenters. The highest BCUT2D eigenvalue weighted by atomic mass is 16.6. The molecule has 0 aromatic heterocycles. The number of nitrogens with zero attached hydrogens (tertiary/aromatic N) is 1. The van der Waals surface area contributed by atoms with E-state index in [1.807, 2.05) is 0 Å². The Balaban J connectivity index is 2.98. The third-order valence-corrected chi connectivity index (χ3v) is 2.38. The van der Waals surface area contributed by atoms with Gasteiger partial charge in [0.15, 0.2) is 0 Å². The smallest absolute Gasteiger partial charge is 0.269 e. The molecule has 0 fully saturated rings. The molecule has 1 rings (SSSR count). The van der Waals surface area contributed by atoms with Crippen molar-refractivity contribution in [2.24, 2.45) is 0 Å². The second-order valence-corrected chi connectivity index (χ2v) is 3.71. The summed E-state index contributed by atoms with van der Waals surface area (Å²) in [5, 5.41) is 15.6. The van der Waals surface area contributed by atoms with Crippen molar-refractivity contribution >= 4 is 17.5 Å². The van der Waals surface area contributed by atoms with E-state index in [0.29, 0.717) is 5.56 Å². The summed E-state index contributed by atoms with van der Waals surface area (Å²) in [6, 6.07) is 5.44. The quantitative estimate of drug-likeness (QED) is 0.352. The number of hydrogen-bond donors (Lipinski definition) is 2. The summed E-state index contributed by atoms with van der Waals surface area (Å²) in [5.41, 5.74) is 0.401. The van der Waals surface area contributed by atoms with Crippen LogP contribution in [0.15, 0.2) is 49.6 Å². The predicted molar refractivity (Wildman–Crippen MR) is 72.5 cm³/mol. The number of carbonyl (C=O) groups is 2. The molecular formula is C13H13N3O4. The molecule has 2 N–H and O–H groups in total. The molecule has 0 unspecified atom stereocenters. The monoisotopic (exact) mass is 275 g/mol. The molecule has 0 saturated heterocycles. The molecule has 104 valence electrons. The van der Waals surface area contributed by atoms with Crippen molar-refractivity contribution in [3.63, 3.8) is 0 Å². The van der Waals surface area contributed by atoms with Gasteiger partial charge in [-0.2, -0.15) is 0 Å². The standard InChI is InChI=1S/C13H13N3O4/c1-3-11(17)14-13(15-12(18)4-2)9-5-7-10(8-6-9)16(19)20/h3-8,13H,1-2H2,(H,14,17)(H,15,18). The molecule has 1 aromatic rings. The highest BCUT2D eigenvalue weighted by molar-refractivity contribution is 5.89. The lowest BCUT2D eigenvalue weighted by molar-refractivity contribution is -0.384. The van der Waals surface area contributed by atoms with Gasteiger partial charge in [0.05, 0.1) is 4.92 Å². The van der Waals surface area contributed by atoms with Crippen LogP contribution in [0.4, 0.5) is 5.69 Å². The zero-order chi connectivity index (χ0) is 15.1. The van der Waals surface area contributed by atoms with Crippen molar-refractivity contribution in [3.05, 3.63) is 65.3 Å². The van der Waals surface area contributed by atoms with Crippen LogP contribution in [0.2, 0.25) is 0 Å². The van der Waals surface area contributed by atoms with Crippen molar-refractivity contribution in [1.82, 2.24) is 10.6 Å². The number of nitrogens with one attached hydrogen (secondary N) is 2. The summed E-state index contributed by atoms with van der Waals surface area (Å²) in [7, 11) is 0. The van der Waals surface area contributed by atoms with Gasteiger partial charge in [0.1, 0.15) is 6.17 Å². The Morgan fingerprint density at radius 1 is 1.10 bits per heavy atom. The van der Waals surface area contributed by atoms with E-state index in [9.17, 15) is 19.7 Å². The lowest BCUT2D eigenvalue weighted by Crippen LogP contribution is -2.39. The SMILES string of the molecule is C=CC(=O)NC(NC(=O)C=C)c1ccc([N+](=O)[O-])cc1. The van der Waals surface area contributed by atoms with Crippen LogP contribution in [-0.2, 0) is 9.59 Å². The van der Waals surface area contributed by atoms with Gasteiger partial charge >= 0.3 is 0 Å². The lowest BCUT2D eigenvalue weighted by Gasteiger charge is -2.19. The minimum absolute atomic E-state index is 0.0856. The first-order valence-corrected chi connectivity index (χ1v) is 5.58. The maximum Gasteiger partial charge on any atom is 0.269 e. The second-order valence-electron chi connectivity index (χ2n) is 3.71. The summed E-state index contributed by atoms with van der Waals surface area (Å²) in [4.78, 5) is 32.7. The van der Waals surface area contributed by atoms with Crippen LogP contribution in [-0.4, -0.2) is 16.7 Å². The summed E-state index contributed by atoms with van der Waals surface area (Å²) >= 11 is 0. The van der Waals surface area contributed by atoms with Gasteiger partial charge in [0, 0.05) is 12.1 Å². The van der Waals surface area contributed by atoms with Crippen molar-refractivity contribution in [2.45, 2.75) is 6.17 Å². The maximum atomic E-state index is 11.3. The molecule has 2 amide bonds. The largest absolute Gasteiger partial charge is 0.328 e. The highest BCUT2D eigenvalue weighted by Gasteiger charge is 2.16. The first kappa shape index (κ1) is 15.1. The molecule has 20 heavy (non-hydrogen) atoms. The summed E-state index contributed by atoms with van der Waals surface area (Å²) < 4.78 is 0. The van der Waals surface area contributed by atoms with Crippen molar-refractivity contribution in [3.8, 4) is 0 Å². The molecule has 1 aromatic carbocycles. The van der Waals surface area contributed by atoms with E-state index in [1.54, 1.807) is 0 Å². The number of rotatable bonds is 6. The highest BCUT2D eigenvalue weighted by Crippen LogP contribution is 2.16. The van der Waals surface area contributed by atoms with Crippen molar-refractivity contribution in [2.75, 3.05) is 0 Å². The average molecular weight is 275 g/mol. The van der Waals surface area contributed by atoms with Crippen LogP contribution in [0.3, 0.4) is 0 Å². The molecule has 0 aliphatic rings. The molecule has 0 bridgehead atoms. The van der Waals surface area contributed by atoms with Gasteiger partial charge in [-0.25, -0.2) is 0 Å². The van der Waals surface area contributed by atoms with E-state index < -0.39 is 22.9 Å². The Bertz CT molecular complexity index is 529. The molecule has 0 heterocycles. The van der Waals surface area contributed by atoms with Crippen LogP contribution < -0.4 is 10.6 Å². The van der Waals surface area contributed by atoms with Gasteiger partial charge in [-0.05, 0) is 29.8 Å². The Hall–Kier alpha value is -2.96. The van der Waals surface area contributed by atoms with Gasteiger partial charge in [-0.3, -0.25) is 19.7 Å². The first-order valence-electron chi connectivity index (χ1n) is 5.58. The molecule has 0 aliphatic carbocycles. The lowest BCUT2D eigenvalue weighted by atomic mass is 10.1. The van der Waals surface area contributed by atoms with E-state index in [-0.39, 0.29) is 5.69 Å². The van der Waals surface area contributed by atoms with Gasteiger partial charge in [-0.15, -0.1) is 0 Å². The average Bonchev–Trinajstić information content (AvgIpc) is 2.46. The van der Waals surface area contributed by atoms with Gasteiger partial charge in [0.2, 0.25) is 11.8 Å². The van der Waals surface area contributed by atoms with E-state index in [0.717, 1.165) is 12.2 Å². The summed E-state index contributed by atoms with van der Waals surface area (Å²) in [5.74, 6) is -0.976. The number of amides is 2. The van der Waals surface area contributed by atoms with Crippen LogP contribution >= 0.6 is 0 Å². The third-order valence-electron chi connectivity index (χ3n) is 2.38. The third kappa shape index (κ3) is 4.05. The summed E-state index contributed by atoms with van der Waals surface area (Å²) in [6.07, 6.45) is 1.28. The molecule has 7 nitrogen and oxygen atoms in total. The molecule has 0 spiro atoms. The molecule has 0 radical (unpaired) electrons. The Kier molecular flexibility index (Phi) is 5.16. The Labute approximate surface area is 115 Å².